The number of pyridine rings is 1. The van der Waals surface area contributed by atoms with Crippen LogP contribution in [0.1, 0.15) is 22.8 Å². The molecule has 0 saturated heterocycles. The molecule has 0 spiro atoms. The molecule has 3 aromatic rings. The molecular formula is C17H15N3O3. The first-order chi connectivity index (χ1) is 11.2. The van der Waals surface area contributed by atoms with Crippen molar-refractivity contribution in [2.45, 2.75) is 6.92 Å². The maximum atomic E-state index is 12.3. The van der Waals surface area contributed by atoms with Gasteiger partial charge in [0.2, 0.25) is 0 Å². The fourth-order valence-corrected chi connectivity index (χ4v) is 2.17. The number of methoxy groups -OCH3 is 1. The second-order valence-corrected chi connectivity index (χ2v) is 4.81. The lowest BCUT2D eigenvalue weighted by atomic mass is 10.2. The number of nitrogens with zero attached hydrogens (tertiary/aromatic N) is 3. The van der Waals surface area contributed by atoms with Crippen LogP contribution in [0.25, 0.3) is 11.7 Å². The van der Waals surface area contributed by atoms with Crippen molar-refractivity contribution in [2.24, 2.45) is 0 Å². The summed E-state index contributed by atoms with van der Waals surface area (Å²) in [6.07, 6.45) is 7.01. The first-order valence-electron chi connectivity index (χ1n) is 7.03. The Kier molecular flexibility index (Phi) is 4.05. The molecule has 1 aromatic carbocycles. The lowest BCUT2D eigenvalue weighted by molar-refractivity contribution is 0.0729. The largest absolute Gasteiger partial charge is 0.493 e. The van der Waals surface area contributed by atoms with Gasteiger partial charge in [0.25, 0.3) is 0 Å². The van der Waals surface area contributed by atoms with Gasteiger partial charge in [0.05, 0.1) is 12.7 Å². The van der Waals surface area contributed by atoms with E-state index in [1.54, 1.807) is 28.8 Å². The molecule has 0 aliphatic rings. The van der Waals surface area contributed by atoms with Crippen molar-refractivity contribution in [3.63, 3.8) is 0 Å². The lowest BCUT2D eigenvalue weighted by Gasteiger charge is -2.10. The Bertz CT molecular complexity index is 884. The number of benzene rings is 1. The quantitative estimate of drug-likeness (QED) is 0.547. The summed E-state index contributed by atoms with van der Waals surface area (Å²) in [6.45, 7) is 1.93. The maximum Gasteiger partial charge on any atom is 0.345 e. The summed E-state index contributed by atoms with van der Waals surface area (Å²) in [5.41, 5.74) is 2.03. The molecule has 0 saturated carbocycles. The Morgan fingerprint density at radius 2 is 2.09 bits per heavy atom. The molecule has 2 aromatic heterocycles. The second-order valence-electron chi connectivity index (χ2n) is 4.81. The first-order valence-corrected chi connectivity index (χ1v) is 7.03. The monoisotopic (exact) mass is 309 g/mol. The van der Waals surface area contributed by atoms with Gasteiger partial charge in [-0.1, -0.05) is 18.2 Å². The van der Waals surface area contributed by atoms with Crippen LogP contribution < -0.4 is 9.47 Å². The molecule has 0 amide bonds. The summed E-state index contributed by atoms with van der Waals surface area (Å²) < 4.78 is 12.4. The van der Waals surface area contributed by atoms with E-state index in [-0.39, 0.29) is 0 Å². The number of hydrogen-bond donors (Lipinski definition) is 0. The van der Waals surface area contributed by atoms with Crippen LogP contribution in [0.2, 0.25) is 0 Å². The van der Waals surface area contributed by atoms with Gasteiger partial charge < -0.3 is 9.47 Å². The van der Waals surface area contributed by atoms with Crippen LogP contribution in [-0.4, -0.2) is 27.7 Å². The van der Waals surface area contributed by atoms with Crippen LogP contribution in [0.15, 0.2) is 48.9 Å². The molecule has 6 nitrogen and oxygen atoms in total. The fourth-order valence-electron chi connectivity index (χ4n) is 2.17. The smallest absolute Gasteiger partial charge is 0.345 e. The number of aromatic nitrogens is 3. The van der Waals surface area contributed by atoms with Crippen LogP contribution in [0.4, 0.5) is 0 Å². The molecule has 3 rings (SSSR count). The van der Waals surface area contributed by atoms with E-state index in [1.165, 1.54) is 13.4 Å². The highest BCUT2D eigenvalue weighted by Gasteiger charge is 2.13. The van der Waals surface area contributed by atoms with Crippen molar-refractivity contribution >= 4 is 17.7 Å². The molecule has 6 heteroatoms. The van der Waals surface area contributed by atoms with E-state index in [1.807, 2.05) is 31.2 Å². The normalized spacial score (nSPS) is 11.0. The highest BCUT2D eigenvalue weighted by Crippen LogP contribution is 2.29. The third-order valence-corrected chi connectivity index (χ3v) is 3.28. The molecular weight excluding hydrogens is 294 g/mol. The number of fused-ring (bicyclic) bond motifs is 1. The standard InChI is InChI=1S/C17H15N3O3/c1-3-4-12-5-7-14(15(9-12)22-2)23-17(21)13-6-8-16-19-18-11-20(16)10-13/h3-11H,1-2H3/b4-3-. The Balaban J connectivity index is 1.86. The molecule has 0 N–H and O–H groups in total. The Labute approximate surface area is 133 Å². The number of allylic oxidation sites excluding steroid dienone is 1. The molecule has 0 fully saturated rings. The minimum atomic E-state index is -0.474. The van der Waals surface area contributed by atoms with Gasteiger partial charge >= 0.3 is 5.97 Å². The average Bonchev–Trinajstić information content (AvgIpc) is 3.04. The van der Waals surface area contributed by atoms with Gasteiger partial charge in [-0.2, -0.15) is 0 Å². The van der Waals surface area contributed by atoms with Crippen molar-refractivity contribution in [2.75, 3.05) is 7.11 Å². The van der Waals surface area contributed by atoms with Crippen molar-refractivity contribution < 1.29 is 14.3 Å². The van der Waals surface area contributed by atoms with Crippen molar-refractivity contribution in [1.82, 2.24) is 14.6 Å². The lowest BCUT2D eigenvalue weighted by Crippen LogP contribution is -2.10. The van der Waals surface area contributed by atoms with Crippen LogP contribution in [0, 0.1) is 0 Å². The minimum Gasteiger partial charge on any atom is -0.493 e. The summed E-state index contributed by atoms with van der Waals surface area (Å²) in [5, 5.41) is 7.67. The van der Waals surface area contributed by atoms with Crippen LogP contribution in [0.5, 0.6) is 11.5 Å². The van der Waals surface area contributed by atoms with Crippen molar-refractivity contribution in [3.8, 4) is 11.5 Å². The van der Waals surface area contributed by atoms with Crippen molar-refractivity contribution in [3.05, 3.63) is 60.1 Å². The minimum absolute atomic E-state index is 0.370. The van der Waals surface area contributed by atoms with Gasteiger partial charge in [-0.3, -0.25) is 4.40 Å². The molecule has 0 radical (unpaired) electrons. The van der Waals surface area contributed by atoms with Gasteiger partial charge in [0.1, 0.15) is 6.33 Å². The number of esters is 1. The predicted molar refractivity (Wildman–Crippen MR) is 85.6 cm³/mol. The number of ether oxygens (including phenoxy) is 2. The maximum absolute atomic E-state index is 12.3. The van der Waals surface area contributed by atoms with Gasteiger partial charge in [-0.25, -0.2) is 4.79 Å². The molecule has 0 unspecified atom stereocenters. The summed E-state index contributed by atoms with van der Waals surface area (Å²) >= 11 is 0. The van der Waals surface area contributed by atoms with Crippen LogP contribution in [-0.2, 0) is 0 Å². The highest BCUT2D eigenvalue weighted by molar-refractivity contribution is 5.91. The van der Waals surface area contributed by atoms with E-state index in [0.717, 1.165) is 5.56 Å². The van der Waals surface area contributed by atoms with E-state index in [0.29, 0.717) is 22.7 Å². The first kappa shape index (κ1) is 14.8. The van der Waals surface area contributed by atoms with Gasteiger partial charge in [0.15, 0.2) is 17.1 Å². The molecule has 116 valence electrons. The zero-order chi connectivity index (χ0) is 16.2. The Morgan fingerprint density at radius 1 is 1.22 bits per heavy atom. The third kappa shape index (κ3) is 3.06. The molecule has 0 aliphatic heterocycles. The van der Waals surface area contributed by atoms with Crippen LogP contribution >= 0.6 is 0 Å². The summed E-state index contributed by atoms with van der Waals surface area (Å²) in [5.74, 6) is 0.395. The van der Waals surface area contributed by atoms with E-state index in [9.17, 15) is 4.79 Å². The summed E-state index contributed by atoms with van der Waals surface area (Å²) in [6, 6.07) is 8.73. The average molecular weight is 309 g/mol. The molecule has 0 aliphatic carbocycles. The number of rotatable bonds is 4. The molecule has 0 bridgehead atoms. The van der Waals surface area contributed by atoms with Crippen LogP contribution in [0.3, 0.4) is 0 Å². The zero-order valence-corrected chi connectivity index (χ0v) is 12.8. The predicted octanol–water partition coefficient (Wildman–Crippen LogP) is 2.99. The Morgan fingerprint density at radius 3 is 2.87 bits per heavy atom. The number of carbonyl (C=O) groups is 1. The molecule has 2 heterocycles. The van der Waals surface area contributed by atoms with Gasteiger partial charge in [-0.15, -0.1) is 10.2 Å². The topological polar surface area (TPSA) is 65.7 Å². The van der Waals surface area contributed by atoms with Gasteiger partial charge in [0, 0.05) is 6.20 Å². The van der Waals surface area contributed by atoms with E-state index < -0.39 is 5.97 Å². The summed E-state index contributed by atoms with van der Waals surface area (Å²) in [4.78, 5) is 12.3. The van der Waals surface area contributed by atoms with Crippen molar-refractivity contribution in [1.29, 1.82) is 0 Å². The van der Waals surface area contributed by atoms with E-state index in [2.05, 4.69) is 10.2 Å². The molecule has 0 atom stereocenters. The number of carbonyl (C=O) groups excluding carboxylic acids is 1. The highest BCUT2D eigenvalue weighted by atomic mass is 16.6. The molecule has 23 heavy (non-hydrogen) atoms. The zero-order valence-electron chi connectivity index (χ0n) is 12.8. The third-order valence-electron chi connectivity index (χ3n) is 3.28. The van der Waals surface area contributed by atoms with E-state index in [4.69, 9.17) is 9.47 Å². The SMILES string of the molecule is C/C=C\c1ccc(OC(=O)c2ccc3nncn3c2)c(OC)c1. The van der Waals surface area contributed by atoms with Gasteiger partial charge in [-0.05, 0) is 36.8 Å². The second kappa shape index (κ2) is 6.31. The number of hydrogen-bond acceptors (Lipinski definition) is 5. The summed E-state index contributed by atoms with van der Waals surface area (Å²) in [7, 11) is 1.54. The Hall–Kier alpha value is -3.15. The fraction of sp³-hybridized carbons (Fsp3) is 0.118. The van der Waals surface area contributed by atoms with E-state index >= 15 is 0 Å².